The Morgan fingerprint density at radius 1 is 1.38 bits per heavy atom. The van der Waals surface area contributed by atoms with Crippen molar-refractivity contribution in [1.82, 2.24) is 0 Å². The zero-order chi connectivity index (χ0) is 12.1. The third kappa shape index (κ3) is 3.41. The highest BCUT2D eigenvalue weighted by Crippen LogP contribution is 2.25. The van der Waals surface area contributed by atoms with Gasteiger partial charge in [-0.3, -0.25) is 0 Å². The number of furan rings is 1. The van der Waals surface area contributed by atoms with Gasteiger partial charge >= 0.3 is 0 Å². The van der Waals surface area contributed by atoms with Crippen molar-refractivity contribution in [3.05, 3.63) is 48.0 Å². The average molecular weight is 218 g/mol. The van der Waals surface area contributed by atoms with E-state index in [4.69, 9.17) is 4.42 Å². The van der Waals surface area contributed by atoms with Gasteiger partial charge in [-0.15, -0.1) is 0 Å². The maximum absolute atomic E-state index is 5.82. The molecule has 0 bridgehead atoms. The number of hydrogen-bond acceptors (Lipinski definition) is 1. The van der Waals surface area contributed by atoms with Gasteiger partial charge in [0.25, 0.3) is 0 Å². The quantitative estimate of drug-likeness (QED) is 0.652. The summed E-state index contributed by atoms with van der Waals surface area (Å²) < 4.78 is 5.82. The SMILES string of the molecule is C=C/C(C)=C/Cc1ccc(C(C)C(C)C)o1. The van der Waals surface area contributed by atoms with E-state index in [1.165, 1.54) is 5.57 Å². The largest absolute Gasteiger partial charge is 0.465 e. The van der Waals surface area contributed by atoms with E-state index in [1.807, 2.05) is 13.0 Å². The Kier molecular flexibility index (Phi) is 4.60. The Morgan fingerprint density at radius 3 is 2.62 bits per heavy atom. The molecule has 1 atom stereocenters. The second kappa shape index (κ2) is 5.74. The summed E-state index contributed by atoms with van der Waals surface area (Å²) in [6, 6.07) is 4.16. The molecule has 0 N–H and O–H groups in total. The van der Waals surface area contributed by atoms with Gasteiger partial charge in [0.05, 0.1) is 0 Å². The first-order valence-corrected chi connectivity index (χ1v) is 5.92. The first kappa shape index (κ1) is 12.8. The summed E-state index contributed by atoms with van der Waals surface area (Å²) in [7, 11) is 0. The molecule has 1 aromatic rings. The van der Waals surface area contributed by atoms with Crippen LogP contribution in [0, 0.1) is 5.92 Å². The lowest BCUT2D eigenvalue weighted by Crippen LogP contribution is -1.99. The van der Waals surface area contributed by atoms with Crippen LogP contribution in [0.5, 0.6) is 0 Å². The summed E-state index contributed by atoms with van der Waals surface area (Å²) in [4.78, 5) is 0. The molecule has 88 valence electrons. The first-order chi connectivity index (χ1) is 7.54. The Labute approximate surface area is 98.9 Å². The lowest BCUT2D eigenvalue weighted by Gasteiger charge is -2.11. The first-order valence-electron chi connectivity index (χ1n) is 5.92. The van der Waals surface area contributed by atoms with Crippen LogP contribution < -0.4 is 0 Å². The molecule has 0 saturated heterocycles. The molecule has 0 spiro atoms. The van der Waals surface area contributed by atoms with Crippen LogP contribution in [0.15, 0.2) is 40.9 Å². The minimum Gasteiger partial charge on any atom is -0.465 e. The molecule has 16 heavy (non-hydrogen) atoms. The van der Waals surface area contributed by atoms with E-state index in [0.29, 0.717) is 11.8 Å². The minimum absolute atomic E-state index is 0.484. The third-order valence-electron chi connectivity index (χ3n) is 3.08. The highest BCUT2D eigenvalue weighted by molar-refractivity contribution is 5.18. The molecule has 0 fully saturated rings. The van der Waals surface area contributed by atoms with E-state index in [1.54, 1.807) is 0 Å². The van der Waals surface area contributed by atoms with E-state index in [0.717, 1.165) is 17.9 Å². The molecule has 0 radical (unpaired) electrons. The minimum atomic E-state index is 0.484. The van der Waals surface area contributed by atoms with Crippen molar-refractivity contribution in [1.29, 1.82) is 0 Å². The Hall–Kier alpha value is -1.24. The fourth-order valence-corrected chi connectivity index (χ4v) is 1.42. The van der Waals surface area contributed by atoms with Crippen LogP contribution in [-0.4, -0.2) is 0 Å². The highest BCUT2D eigenvalue weighted by Gasteiger charge is 2.13. The standard InChI is InChI=1S/C15H22O/c1-6-12(4)7-8-14-9-10-15(16-14)13(5)11(2)3/h6-7,9-11,13H,1,8H2,2-5H3/b12-7+. The maximum Gasteiger partial charge on any atom is 0.107 e. The van der Waals surface area contributed by atoms with Crippen molar-refractivity contribution < 1.29 is 4.42 Å². The third-order valence-corrected chi connectivity index (χ3v) is 3.08. The molecular weight excluding hydrogens is 196 g/mol. The van der Waals surface area contributed by atoms with Gasteiger partial charge in [0.15, 0.2) is 0 Å². The van der Waals surface area contributed by atoms with Crippen molar-refractivity contribution in [2.24, 2.45) is 5.92 Å². The zero-order valence-electron chi connectivity index (χ0n) is 10.8. The Morgan fingerprint density at radius 2 is 2.06 bits per heavy atom. The summed E-state index contributed by atoms with van der Waals surface area (Å²) in [5, 5.41) is 0. The van der Waals surface area contributed by atoms with Gasteiger partial charge in [-0.2, -0.15) is 0 Å². The van der Waals surface area contributed by atoms with Gasteiger partial charge in [0, 0.05) is 12.3 Å². The van der Waals surface area contributed by atoms with Crippen LogP contribution in [0.25, 0.3) is 0 Å². The van der Waals surface area contributed by atoms with E-state index in [-0.39, 0.29) is 0 Å². The molecule has 0 aliphatic heterocycles. The lowest BCUT2D eigenvalue weighted by molar-refractivity contribution is 0.398. The maximum atomic E-state index is 5.82. The van der Waals surface area contributed by atoms with Crippen molar-refractivity contribution in [3.63, 3.8) is 0 Å². The van der Waals surface area contributed by atoms with Gasteiger partial charge in [-0.25, -0.2) is 0 Å². The predicted octanol–water partition coefficient (Wildman–Crippen LogP) is 4.71. The fraction of sp³-hybridized carbons (Fsp3) is 0.467. The van der Waals surface area contributed by atoms with Crippen molar-refractivity contribution >= 4 is 0 Å². The van der Waals surface area contributed by atoms with Crippen molar-refractivity contribution in [2.45, 2.75) is 40.0 Å². The van der Waals surface area contributed by atoms with Gasteiger partial charge in [-0.05, 0) is 25.0 Å². The van der Waals surface area contributed by atoms with Crippen LogP contribution in [-0.2, 0) is 6.42 Å². The monoisotopic (exact) mass is 218 g/mol. The number of allylic oxidation sites excluding steroid dienone is 3. The van der Waals surface area contributed by atoms with Crippen LogP contribution >= 0.6 is 0 Å². The molecular formula is C15H22O. The average Bonchev–Trinajstić information content (AvgIpc) is 2.73. The fourth-order valence-electron chi connectivity index (χ4n) is 1.42. The molecule has 1 heteroatoms. The number of hydrogen-bond donors (Lipinski definition) is 0. The molecule has 1 unspecified atom stereocenters. The van der Waals surface area contributed by atoms with E-state index < -0.39 is 0 Å². The molecule has 1 nitrogen and oxygen atoms in total. The summed E-state index contributed by atoms with van der Waals surface area (Å²) in [6.07, 6.45) is 4.85. The lowest BCUT2D eigenvalue weighted by atomic mass is 9.96. The summed E-state index contributed by atoms with van der Waals surface area (Å²) in [5.74, 6) is 3.22. The summed E-state index contributed by atoms with van der Waals surface area (Å²) in [5.41, 5.74) is 1.19. The van der Waals surface area contributed by atoms with E-state index in [2.05, 4.69) is 45.6 Å². The highest BCUT2D eigenvalue weighted by atomic mass is 16.3. The zero-order valence-corrected chi connectivity index (χ0v) is 10.8. The van der Waals surface area contributed by atoms with Gasteiger partial charge in [0.2, 0.25) is 0 Å². The molecule has 0 saturated carbocycles. The summed E-state index contributed by atoms with van der Waals surface area (Å²) in [6.45, 7) is 12.4. The molecule has 1 rings (SSSR count). The van der Waals surface area contributed by atoms with E-state index in [9.17, 15) is 0 Å². The van der Waals surface area contributed by atoms with Crippen LogP contribution in [0.2, 0.25) is 0 Å². The molecule has 0 amide bonds. The predicted molar refractivity (Wildman–Crippen MR) is 69.6 cm³/mol. The van der Waals surface area contributed by atoms with Crippen LogP contribution in [0.3, 0.4) is 0 Å². The summed E-state index contributed by atoms with van der Waals surface area (Å²) >= 11 is 0. The molecule has 0 aromatic carbocycles. The van der Waals surface area contributed by atoms with Crippen molar-refractivity contribution in [2.75, 3.05) is 0 Å². The van der Waals surface area contributed by atoms with Gasteiger partial charge in [0.1, 0.15) is 11.5 Å². The second-order valence-corrected chi connectivity index (χ2v) is 4.69. The van der Waals surface area contributed by atoms with Gasteiger partial charge in [-0.1, -0.05) is 45.1 Å². The normalized spacial score (nSPS) is 14.2. The van der Waals surface area contributed by atoms with E-state index >= 15 is 0 Å². The molecule has 1 aromatic heterocycles. The second-order valence-electron chi connectivity index (χ2n) is 4.69. The van der Waals surface area contributed by atoms with Crippen LogP contribution in [0.4, 0.5) is 0 Å². The van der Waals surface area contributed by atoms with Crippen molar-refractivity contribution in [3.8, 4) is 0 Å². The molecule has 0 aliphatic rings. The molecule has 0 aliphatic carbocycles. The van der Waals surface area contributed by atoms with Gasteiger partial charge < -0.3 is 4.42 Å². The topological polar surface area (TPSA) is 13.1 Å². The molecule has 1 heterocycles. The number of rotatable bonds is 5. The smallest absolute Gasteiger partial charge is 0.107 e. The Bertz CT molecular complexity index is 369. The van der Waals surface area contributed by atoms with Crippen LogP contribution in [0.1, 0.15) is 45.1 Å². The Balaban J connectivity index is 2.68.